The molecule has 2 aliphatic heterocycles. The van der Waals surface area contributed by atoms with Crippen molar-refractivity contribution in [3.63, 3.8) is 0 Å². The Kier molecular flexibility index (Phi) is 8.28. The lowest BCUT2D eigenvalue weighted by molar-refractivity contribution is -0.129. The summed E-state index contributed by atoms with van der Waals surface area (Å²) in [6.45, 7) is 10.0. The SMILES string of the molecule is C/C(F)=C(N)\C(F)=C(\N)c1c(C)n2c(c(C(N)=O)c1=O)CCC2(C)C.CC(=O)N1CCCCC1. The molecule has 3 heterocycles. The van der Waals surface area contributed by atoms with Crippen LogP contribution in [0.25, 0.3) is 5.70 Å². The number of piperidine rings is 1. The second-order valence-electron chi connectivity index (χ2n) is 9.36. The van der Waals surface area contributed by atoms with Crippen LogP contribution in [-0.4, -0.2) is 34.4 Å². The lowest BCUT2D eigenvalue weighted by Crippen LogP contribution is -2.34. The maximum absolute atomic E-state index is 14.4. The Balaban J connectivity index is 0.000000379. The minimum Gasteiger partial charge on any atom is -0.396 e. The number of fused-ring (bicyclic) bond motifs is 1. The second kappa shape index (κ2) is 10.4. The molecule has 0 spiro atoms. The molecule has 2 amide bonds. The van der Waals surface area contributed by atoms with Gasteiger partial charge in [-0.15, -0.1) is 0 Å². The van der Waals surface area contributed by atoms with Gasteiger partial charge in [0.05, 0.1) is 11.3 Å². The van der Waals surface area contributed by atoms with Crippen LogP contribution >= 0.6 is 0 Å². The number of carbonyl (C=O) groups excluding carboxylic acids is 2. The third kappa shape index (κ3) is 5.31. The fourth-order valence-corrected chi connectivity index (χ4v) is 4.62. The molecule has 6 N–H and O–H groups in total. The summed E-state index contributed by atoms with van der Waals surface area (Å²) < 4.78 is 29.4. The summed E-state index contributed by atoms with van der Waals surface area (Å²) in [7, 11) is 0. The highest BCUT2D eigenvalue weighted by Crippen LogP contribution is 2.36. The van der Waals surface area contributed by atoms with Crippen LogP contribution in [0.1, 0.15) is 80.7 Å². The van der Waals surface area contributed by atoms with Gasteiger partial charge in [-0.05, 0) is 59.8 Å². The highest BCUT2D eigenvalue weighted by Gasteiger charge is 2.36. The van der Waals surface area contributed by atoms with Crippen molar-refractivity contribution in [3.05, 3.63) is 50.1 Å². The Morgan fingerprint density at radius 3 is 1.97 bits per heavy atom. The first kappa shape index (κ1) is 27.1. The van der Waals surface area contributed by atoms with Crippen molar-refractivity contribution in [3.8, 4) is 0 Å². The molecule has 0 aliphatic carbocycles. The van der Waals surface area contributed by atoms with E-state index in [2.05, 4.69) is 0 Å². The van der Waals surface area contributed by atoms with Gasteiger partial charge in [-0.25, -0.2) is 8.78 Å². The standard InChI is InChI=1S/C17H22F2N4O2.C7H13NO/c1-7(18)13(20)12(19)14(21)10-8(2)23-9(5-6-17(23,3)4)11(15(10)24)16(22)25;1-7(9)8-5-3-2-4-6-8/h5-6,20-21H2,1-4H3,(H2,22,25);2-6H2,1H3/b13-7-,14-12-;. The molecule has 0 unspecified atom stereocenters. The number of pyridine rings is 1. The summed E-state index contributed by atoms with van der Waals surface area (Å²) in [6.07, 6.45) is 4.84. The number of rotatable bonds is 3. The summed E-state index contributed by atoms with van der Waals surface area (Å²) in [5.41, 5.74) is 14.4. The van der Waals surface area contributed by atoms with E-state index in [1.807, 2.05) is 18.7 Å². The zero-order chi connectivity index (χ0) is 26.0. The van der Waals surface area contributed by atoms with Gasteiger partial charge in [0, 0.05) is 36.9 Å². The number of likely N-dealkylation sites (tertiary alicyclic amines) is 1. The average Bonchev–Trinajstić information content (AvgIpc) is 3.08. The number of nitrogens with two attached hydrogens (primary N) is 3. The van der Waals surface area contributed by atoms with Gasteiger partial charge < -0.3 is 26.7 Å². The van der Waals surface area contributed by atoms with E-state index in [0.29, 0.717) is 24.2 Å². The third-order valence-electron chi connectivity index (χ3n) is 6.45. The molecule has 10 heteroatoms. The largest absolute Gasteiger partial charge is 0.396 e. The summed E-state index contributed by atoms with van der Waals surface area (Å²) in [5.74, 6) is -2.89. The predicted molar refractivity (Wildman–Crippen MR) is 128 cm³/mol. The molecule has 1 fully saturated rings. The number of hydrogen-bond acceptors (Lipinski definition) is 5. The minimum atomic E-state index is -1.24. The highest BCUT2D eigenvalue weighted by molar-refractivity contribution is 5.95. The topological polar surface area (TPSA) is 137 Å². The van der Waals surface area contributed by atoms with E-state index in [0.717, 1.165) is 20.0 Å². The molecule has 0 bridgehead atoms. The van der Waals surface area contributed by atoms with E-state index < -0.39 is 39.9 Å². The van der Waals surface area contributed by atoms with Gasteiger partial charge >= 0.3 is 0 Å². The second-order valence-corrected chi connectivity index (χ2v) is 9.36. The molecule has 8 nitrogen and oxygen atoms in total. The maximum atomic E-state index is 14.4. The van der Waals surface area contributed by atoms with Crippen molar-refractivity contribution in [2.24, 2.45) is 17.2 Å². The van der Waals surface area contributed by atoms with Gasteiger partial charge in [0.2, 0.25) is 11.3 Å². The number of carbonyl (C=O) groups is 2. The van der Waals surface area contributed by atoms with Crippen LogP contribution in [0.3, 0.4) is 0 Å². The zero-order valence-corrected chi connectivity index (χ0v) is 20.6. The minimum absolute atomic E-state index is 0.221. The van der Waals surface area contributed by atoms with Gasteiger partial charge in [-0.3, -0.25) is 14.4 Å². The number of halogens is 2. The zero-order valence-electron chi connectivity index (χ0n) is 20.6. The van der Waals surface area contributed by atoms with Crippen LogP contribution in [0.15, 0.2) is 22.1 Å². The Bertz CT molecular complexity index is 1110. The van der Waals surface area contributed by atoms with E-state index in [1.165, 1.54) is 19.3 Å². The van der Waals surface area contributed by atoms with E-state index >= 15 is 0 Å². The average molecular weight is 480 g/mol. The van der Waals surface area contributed by atoms with Crippen LogP contribution in [0.4, 0.5) is 8.78 Å². The number of primary amides is 1. The van der Waals surface area contributed by atoms with Gasteiger partial charge in [0.1, 0.15) is 17.1 Å². The summed E-state index contributed by atoms with van der Waals surface area (Å²) in [5, 5.41) is 0. The molecule has 0 saturated carbocycles. The highest BCUT2D eigenvalue weighted by atomic mass is 19.1. The van der Waals surface area contributed by atoms with E-state index in [4.69, 9.17) is 17.2 Å². The van der Waals surface area contributed by atoms with Crippen molar-refractivity contribution in [2.45, 2.75) is 72.3 Å². The molecular formula is C24H35F2N5O3. The fourth-order valence-electron chi connectivity index (χ4n) is 4.62. The van der Waals surface area contributed by atoms with Crippen LogP contribution < -0.4 is 22.6 Å². The first-order valence-corrected chi connectivity index (χ1v) is 11.3. The lowest BCUT2D eigenvalue weighted by Gasteiger charge is -2.28. The lowest BCUT2D eigenvalue weighted by atomic mass is 10.0. The van der Waals surface area contributed by atoms with Gasteiger partial charge in [-0.1, -0.05) is 0 Å². The van der Waals surface area contributed by atoms with Gasteiger partial charge in [0.25, 0.3) is 5.91 Å². The molecule has 1 aromatic rings. The van der Waals surface area contributed by atoms with Gasteiger partial charge in [0.15, 0.2) is 5.83 Å². The van der Waals surface area contributed by atoms with Crippen molar-refractivity contribution >= 4 is 17.5 Å². The molecule has 188 valence electrons. The number of hydrogen-bond donors (Lipinski definition) is 3. The summed E-state index contributed by atoms with van der Waals surface area (Å²) >= 11 is 0. The molecule has 1 aromatic heterocycles. The Labute approximate surface area is 198 Å². The Morgan fingerprint density at radius 2 is 1.53 bits per heavy atom. The van der Waals surface area contributed by atoms with Crippen molar-refractivity contribution in [1.29, 1.82) is 0 Å². The number of nitrogens with zero attached hydrogens (tertiary/aromatic N) is 2. The first-order chi connectivity index (χ1) is 15.7. The normalized spacial score (nSPS) is 18.3. The van der Waals surface area contributed by atoms with Crippen molar-refractivity contribution in [2.75, 3.05) is 13.1 Å². The predicted octanol–water partition coefficient (Wildman–Crippen LogP) is 2.71. The Hall–Kier alpha value is -3.17. The quantitative estimate of drug-likeness (QED) is 0.573. The molecule has 34 heavy (non-hydrogen) atoms. The molecule has 2 aliphatic rings. The number of amides is 2. The van der Waals surface area contributed by atoms with Crippen LogP contribution in [0.2, 0.25) is 0 Å². The molecular weight excluding hydrogens is 444 g/mol. The maximum Gasteiger partial charge on any atom is 0.254 e. The molecule has 0 aromatic carbocycles. The monoisotopic (exact) mass is 479 g/mol. The smallest absolute Gasteiger partial charge is 0.254 e. The van der Waals surface area contributed by atoms with E-state index in [-0.39, 0.29) is 17.0 Å². The van der Waals surface area contributed by atoms with Gasteiger partial charge in [-0.2, -0.15) is 0 Å². The fraction of sp³-hybridized carbons (Fsp3) is 0.542. The molecule has 0 radical (unpaired) electrons. The summed E-state index contributed by atoms with van der Waals surface area (Å²) in [6, 6.07) is 0. The molecule has 1 saturated heterocycles. The van der Waals surface area contributed by atoms with E-state index in [9.17, 15) is 23.2 Å². The van der Waals surface area contributed by atoms with Crippen molar-refractivity contribution in [1.82, 2.24) is 9.47 Å². The van der Waals surface area contributed by atoms with Crippen LogP contribution in [-0.2, 0) is 16.8 Å². The number of aromatic nitrogens is 1. The van der Waals surface area contributed by atoms with Crippen LogP contribution in [0, 0.1) is 6.92 Å². The first-order valence-electron chi connectivity index (χ1n) is 11.3. The van der Waals surface area contributed by atoms with Crippen LogP contribution in [0.5, 0.6) is 0 Å². The Morgan fingerprint density at radius 1 is 0.971 bits per heavy atom. The summed E-state index contributed by atoms with van der Waals surface area (Å²) in [4.78, 5) is 37.3. The molecule has 3 rings (SSSR count). The van der Waals surface area contributed by atoms with E-state index in [1.54, 1.807) is 18.4 Å². The third-order valence-corrected chi connectivity index (χ3v) is 6.45. The van der Waals surface area contributed by atoms with Crippen molar-refractivity contribution < 1.29 is 18.4 Å². The number of allylic oxidation sites excluding steroid dienone is 2. The molecule has 0 atom stereocenters.